The number of likely N-dealkylation sites (tertiary alicyclic amines) is 1. The predicted molar refractivity (Wildman–Crippen MR) is 198 cm³/mol. The Morgan fingerprint density at radius 3 is 1.94 bits per heavy atom. The Morgan fingerprint density at radius 1 is 0.904 bits per heavy atom. The third-order valence-corrected chi connectivity index (χ3v) is 9.88. The van der Waals surface area contributed by atoms with E-state index >= 15 is 4.39 Å². The molecule has 0 radical (unpaired) electrons. The number of alkyl halides is 2. The Balaban J connectivity index is 0.000000192. The lowest BCUT2D eigenvalue weighted by Crippen LogP contribution is -2.40. The fourth-order valence-electron chi connectivity index (χ4n) is 6.18. The molecular weight excluding hydrogens is 810 g/mol. The van der Waals surface area contributed by atoms with Crippen molar-refractivity contribution in [3.05, 3.63) is 92.9 Å². The second-order valence-corrected chi connectivity index (χ2v) is 14.9. The van der Waals surface area contributed by atoms with Crippen LogP contribution in [0.15, 0.2) is 76.2 Å². The molecule has 14 nitrogen and oxygen atoms in total. The lowest BCUT2D eigenvalue weighted by molar-refractivity contribution is 0.0962. The van der Waals surface area contributed by atoms with Crippen LogP contribution in [-0.4, -0.2) is 91.6 Å². The summed E-state index contributed by atoms with van der Waals surface area (Å²) in [4.78, 5) is 37.4. The molecule has 0 saturated carbocycles. The highest BCUT2D eigenvalue weighted by atomic mass is 79.9. The number of aromatic nitrogens is 4. The van der Waals surface area contributed by atoms with Gasteiger partial charge in [-0.05, 0) is 63.4 Å². The summed E-state index contributed by atoms with van der Waals surface area (Å²) in [6.07, 6.45) is 5.59. The standard InChI is InChI=1S/C21H21BrFN5O3.C13H15BrFN5O/c1-21(23)12-27(20(30)31-11-13-5-3-2-4-6-13)10-17(21)26-18-15(19(24)29)8-25-28-9-14(22)7-16(18)28;1-13(15)6-17-4-10(13)19-11-8(12(16)21)3-18-20-5-7(14)2-9(11)20/h2-9,17,26H,10-12H2,1H3,(H2,24,29);2-3,5,10,17,19H,4,6H2,1H3,(H2,16,21)/t17-,21+;10-,13+/m11/s1. The Morgan fingerprint density at radius 2 is 1.44 bits per heavy atom. The summed E-state index contributed by atoms with van der Waals surface area (Å²) in [5.74, 6) is -1.29. The van der Waals surface area contributed by atoms with Gasteiger partial charge in [0.2, 0.25) is 0 Å². The number of nitrogens with one attached hydrogen (secondary N) is 3. The van der Waals surface area contributed by atoms with Crippen molar-refractivity contribution in [1.29, 1.82) is 0 Å². The number of fused-ring (bicyclic) bond motifs is 2. The molecule has 2 aliphatic rings. The van der Waals surface area contributed by atoms with E-state index in [0.717, 1.165) is 14.5 Å². The molecule has 52 heavy (non-hydrogen) atoms. The first-order chi connectivity index (χ1) is 24.6. The van der Waals surface area contributed by atoms with Gasteiger partial charge in [-0.3, -0.25) is 9.59 Å². The number of carbonyl (C=O) groups is 3. The van der Waals surface area contributed by atoms with Crippen molar-refractivity contribution < 1.29 is 27.9 Å². The van der Waals surface area contributed by atoms with E-state index in [2.05, 4.69) is 58.0 Å². The average molecular weight is 847 g/mol. The van der Waals surface area contributed by atoms with E-state index < -0.39 is 41.3 Å². The summed E-state index contributed by atoms with van der Waals surface area (Å²) in [5.41, 5.74) is 11.1. The van der Waals surface area contributed by atoms with Crippen LogP contribution in [-0.2, 0) is 11.3 Å². The zero-order valence-electron chi connectivity index (χ0n) is 28.1. The van der Waals surface area contributed by atoms with E-state index in [4.69, 9.17) is 16.2 Å². The molecule has 2 saturated heterocycles. The number of ether oxygens (including phenoxy) is 1. The summed E-state index contributed by atoms with van der Waals surface area (Å²) < 4.78 is 39.9. The molecule has 1 aromatic carbocycles. The number of carbonyl (C=O) groups excluding carboxylic acids is 3. The number of nitrogens with two attached hydrogens (primary N) is 2. The summed E-state index contributed by atoms with van der Waals surface area (Å²) in [5, 5.41) is 17.5. The smallest absolute Gasteiger partial charge is 0.410 e. The van der Waals surface area contributed by atoms with Gasteiger partial charge in [-0.2, -0.15) is 10.2 Å². The molecule has 7 N–H and O–H groups in total. The second kappa shape index (κ2) is 14.7. The van der Waals surface area contributed by atoms with Gasteiger partial charge in [0.25, 0.3) is 11.8 Å². The molecule has 0 spiro atoms. The van der Waals surface area contributed by atoms with Crippen molar-refractivity contribution in [2.75, 3.05) is 36.8 Å². The minimum atomic E-state index is -1.76. The number of hydrogen-bond acceptors (Lipinski definition) is 9. The van der Waals surface area contributed by atoms with Crippen LogP contribution < -0.4 is 27.4 Å². The summed E-state index contributed by atoms with van der Waals surface area (Å²) >= 11 is 6.74. The van der Waals surface area contributed by atoms with Crippen LogP contribution in [0, 0.1) is 0 Å². The quantitative estimate of drug-likeness (QED) is 0.148. The number of halogens is 4. The number of primary amides is 2. The lowest BCUT2D eigenvalue weighted by Gasteiger charge is -2.25. The van der Waals surface area contributed by atoms with Crippen LogP contribution in [0.4, 0.5) is 25.0 Å². The average Bonchev–Trinajstić information content (AvgIpc) is 3.83. The van der Waals surface area contributed by atoms with Crippen molar-refractivity contribution in [2.45, 2.75) is 43.9 Å². The first-order valence-electron chi connectivity index (χ1n) is 16.1. The largest absolute Gasteiger partial charge is 0.445 e. The van der Waals surface area contributed by atoms with Gasteiger partial charge in [0.15, 0.2) is 0 Å². The number of amides is 3. The maximum Gasteiger partial charge on any atom is 0.410 e. The third-order valence-electron chi connectivity index (χ3n) is 9.01. The number of nitrogens with zero attached hydrogens (tertiary/aromatic N) is 5. The van der Waals surface area contributed by atoms with Gasteiger partial charge in [0.1, 0.15) is 17.9 Å². The Kier molecular flexibility index (Phi) is 10.4. The second-order valence-electron chi connectivity index (χ2n) is 13.1. The van der Waals surface area contributed by atoms with E-state index in [1.807, 2.05) is 30.3 Å². The molecule has 2 fully saturated rings. The van der Waals surface area contributed by atoms with E-state index in [9.17, 15) is 18.8 Å². The molecule has 7 rings (SSSR count). The minimum Gasteiger partial charge on any atom is -0.445 e. The molecule has 0 bridgehead atoms. The number of benzene rings is 1. The molecule has 6 heterocycles. The van der Waals surface area contributed by atoms with Gasteiger partial charge in [-0.25, -0.2) is 22.6 Å². The predicted octanol–water partition coefficient (Wildman–Crippen LogP) is 4.66. The highest BCUT2D eigenvalue weighted by Crippen LogP contribution is 2.33. The van der Waals surface area contributed by atoms with E-state index in [0.29, 0.717) is 29.0 Å². The van der Waals surface area contributed by atoms with Gasteiger partial charge in [0.05, 0.1) is 64.6 Å². The van der Waals surface area contributed by atoms with Crippen LogP contribution in [0.5, 0.6) is 0 Å². The highest BCUT2D eigenvalue weighted by Gasteiger charge is 2.46. The van der Waals surface area contributed by atoms with Crippen molar-refractivity contribution >= 4 is 72.2 Å². The zero-order chi connectivity index (χ0) is 37.4. The first kappa shape index (κ1) is 37.0. The first-order valence-corrected chi connectivity index (χ1v) is 17.7. The molecule has 5 aromatic rings. The van der Waals surface area contributed by atoms with Gasteiger partial charge in [0, 0.05) is 41.0 Å². The topological polar surface area (TPSA) is 186 Å². The lowest BCUT2D eigenvalue weighted by atomic mass is 10.0. The Labute approximate surface area is 313 Å². The highest BCUT2D eigenvalue weighted by molar-refractivity contribution is 9.10. The maximum absolute atomic E-state index is 15.4. The molecule has 4 aromatic heterocycles. The number of anilines is 2. The summed E-state index contributed by atoms with van der Waals surface area (Å²) in [6.45, 7) is 3.70. The molecule has 0 aliphatic carbocycles. The third kappa shape index (κ3) is 7.83. The zero-order valence-corrected chi connectivity index (χ0v) is 31.2. The molecular formula is C34H36Br2F2N10O4. The molecule has 3 amide bonds. The van der Waals surface area contributed by atoms with Crippen molar-refractivity contribution in [3.8, 4) is 0 Å². The van der Waals surface area contributed by atoms with E-state index in [1.165, 1.54) is 31.1 Å². The minimum absolute atomic E-state index is 0.0647. The number of rotatable bonds is 8. The monoisotopic (exact) mass is 844 g/mol. The Bertz CT molecular complexity index is 2140. The Hall–Kier alpha value is -4.81. The summed E-state index contributed by atoms with van der Waals surface area (Å²) in [6, 6.07) is 11.6. The van der Waals surface area contributed by atoms with Gasteiger partial charge < -0.3 is 37.1 Å². The van der Waals surface area contributed by atoms with Crippen LogP contribution in [0.2, 0.25) is 0 Å². The van der Waals surface area contributed by atoms with Crippen LogP contribution in [0.25, 0.3) is 11.0 Å². The normalized spacial score (nSPS) is 22.6. The van der Waals surface area contributed by atoms with E-state index in [-0.39, 0.29) is 37.4 Å². The maximum atomic E-state index is 15.4. The van der Waals surface area contributed by atoms with Crippen molar-refractivity contribution in [1.82, 2.24) is 29.4 Å². The SMILES string of the molecule is C[C@]1(F)CN(C(=O)OCc2ccccc2)C[C@H]1Nc1c(C(N)=O)cnn2cc(Br)cc12.C[C@]1(F)CNC[C@H]1Nc1c(C(N)=O)cnn2cc(Br)cc12. The molecule has 274 valence electrons. The fraction of sp³-hybridized carbons (Fsp3) is 0.324. The molecule has 18 heteroatoms. The fourth-order valence-corrected chi connectivity index (χ4v) is 7.00. The van der Waals surface area contributed by atoms with Gasteiger partial charge in [-0.15, -0.1) is 0 Å². The van der Waals surface area contributed by atoms with Gasteiger partial charge >= 0.3 is 6.09 Å². The van der Waals surface area contributed by atoms with Crippen LogP contribution >= 0.6 is 31.9 Å². The number of hydrogen-bond donors (Lipinski definition) is 5. The van der Waals surface area contributed by atoms with E-state index in [1.54, 1.807) is 33.6 Å². The van der Waals surface area contributed by atoms with Crippen LogP contribution in [0.3, 0.4) is 0 Å². The molecule has 2 aliphatic heterocycles. The van der Waals surface area contributed by atoms with Crippen molar-refractivity contribution in [3.63, 3.8) is 0 Å². The van der Waals surface area contributed by atoms with Gasteiger partial charge in [-0.1, -0.05) is 30.3 Å². The van der Waals surface area contributed by atoms with Crippen molar-refractivity contribution in [2.24, 2.45) is 11.5 Å². The molecule has 4 atom stereocenters. The molecule has 0 unspecified atom stereocenters. The summed E-state index contributed by atoms with van der Waals surface area (Å²) in [7, 11) is 0. The van der Waals surface area contributed by atoms with Crippen LogP contribution in [0.1, 0.15) is 40.1 Å².